The Morgan fingerprint density at radius 3 is 2.43 bits per heavy atom. The van der Waals surface area contributed by atoms with Crippen LogP contribution in [0.2, 0.25) is 0 Å². The highest BCUT2D eigenvalue weighted by molar-refractivity contribution is 6.03. The third kappa shape index (κ3) is 4.88. The van der Waals surface area contributed by atoms with Gasteiger partial charge in [0.1, 0.15) is 5.75 Å². The Balaban J connectivity index is 2.16. The van der Waals surface area contributed by atoms with Crippen LogP contribution >= 0.6 is 0 Å². The molecule has 1 aromatic carbocycles. The minimum atomic E-state index is -0.485. The van der Waals surface area contributed by atoms with E-state index in [1.807, 2.05) is 19.1 Å². The third-order valence-electron chi connectivity index (χ3n) is 5.30. The van der Waals surface area contributed by atoms with Crippen LogP contribution in [0.25, 0.3) is 0 Å². The molecule has 0 saturated heterocycles. The summed E-state index contributed by atoms with van der Waals surface area (Å²) in [5, 5.41) is 2.84. The van der Waals surface area contributed by atoms with Crippen LogP contribution in [0.15, 0.2) is 24.3 Å². The van der Waals surface area contributed by atoms with Crippen molar-refractivity contribution >= 4 is 23.3 Å². The molecule has 0 aliphatic heterocycles. The number of nitrogens with one attached hydrogen (secondary N) is 3. The number of amides is 1. The number of carbonyl (C=O) groups is 3. The van der Waals surface area contributed by atoms with Crippen molar-refractivity contribution in [1.29, 1.82) is 0 Å². The van der Waals surface area contributed by atoms with Crippen molar-refractivity contribution in [2.24, 2.45) is 0 Å². The van der Waals surface area contributed by atoms with Crippen LogP contribution in [0.3, 0.4) is 0 Å². The van der Waals surface area contributed by atoms with Gasteiger partial charge in [-0.3, -0.25) is 9.59 Å². The molecule has 1 heterocycles. The van der Waals surface area contributed by atoms with Crippen LogP contribution in [-0.4, -0.2) is 56.0 Å². The number of hydrogen-bond donors (Lipinski definition) is 3. The number of aromatic nitrogens is 1. The molecule has 1 unspecified atom stereocenters. The monoisotopic (exact) mass is 416 g/mol. The topological polar surface area (TPSA) is 102 Å². The van der Waals surface area contributed by atoms with Crippen LogP contribution in [0.4, 0.5) is 5.69 Å². The van der Waals surface area contributed by atoms with Gasteiger partial charge < -0.3 is 24.7 Å². The average Bonchev–Trinajstić information content (AvgIpc) is 3.04. The molecule has 2 aromatic rings. The van der Waals surface area contributed by atoms with Crippen LogP contribution < -0.4 is 15.0 Å². The Bertz CT molecular complexity index is 935. The maximum atomic E-state index is 13.1. The average molecular weight is 416 g/mol. The molecule has 1 aromatic heterocycles. The molecule has 162 valence electrons. The zero-order chi connectivity index (χ0) is 22.4. The van der Waals surface area contributed by atoms with Gasteiger partial charge in [-0.2, -0.15) is 0 Å². The Morgan fingerprint density at radius 1 is 1.17 bits per heavy atom. The number of methoxy groups -OCH3 is 2. The maximum Gasteiger partial charge on any atom is 0.339 e. The number of Topliss-reactive ketones (excluding diaryl/α,β-unsaturated/α-hetero) is 1. The van der Waals surface area contributed by atoms with Gasteiger partial charge in [-0.25, -0.2) is 4.79 Å². The number of H-pyrrole nitrogens is 1. The van der Waals surface area contributed by atoms with Gasteiger partial charge in [0.25, 0.3) is 5.91 Å². The second-order valence-corrected chi connectivity index (χ2v) is 7.14. The molecule has 3 N–H and O–H groups in total. The molecule has 30 heavy (non-hydrogen) atoms. The standard InChI is InChI=1S/C22H29N3O5/c1-7-25(12-18(26)24-16-10-8-9-11-17(16)29-5)15(4)21(27)20-13(2)19(14(3)23-20)22(28)30-6/h8-11,15,23H,7,12H2,1-6H3,(H,24,26)/p+1/t15-/m1/s1. The summed E-state index contributed by atoms with van der Waals surface area (Å²) in [5.41, 5.74) is 2.47. The van der Waals surface area contributed by atoms with Crippen molar-refractivity contribution in [2.75, 3.05) is 32.6 Å². The normalized spacial score (nSPS) is 12.7. The summed E-state index contributed by atoms with van der Waals surface area (Å²) in [4.78, 5) is 41.5. The summed E-state index contributed by atoms with van der Waals surface area (Å²) in [6.45, 7) is 7.84. The van der Waals surface area contributed by atoms with Crippen LogP contribution in [-0.2, 0) is 9.53 Å². The highest BCUT2D eigenvalue weighted by Gasteiger charge is 2.31. The molecule has 0 bridgehead atoms. The minimum Gasteiger partial charge on any atom is -0.495 e. The molecule has 0 aliphatic rings. The van der Waals surface area contributed by atoms with Crippen molar-refractivity contribution in [1.82, 2.24) is 4.98 Å². The summed E-state index contributed by atoms with van der Waals surface area (Å²) in [7, 11) is 2.85. The van der Waals surface area contributed by atoms with E-state index in [1.165, 1.54) is 7.11 Å². The Morgan fingerprint density at radius 2 is 1.83 bits per heavy atom. The zero-order valence-corrected chi connectivity index (χ0v) is 18.3. The molecule has 2 rings (SSSR count). The lowest BCUT2D eigenvalue weighted by Gasteiger charge is -2.23. The summed E-state index contributed by atoms with van der Waals surface area (Å²) >= 11 is 0. The predicted molar refractivity (Wildman–Crippen MR) is 113 cm³/mol. The first kappa shape index (κ1) is 23.2. The fourth-order valence-electron chi connectivity index (χ4n) is 3.54. The number of esters is 1. The van der Waals surface area contributed by atoms with Gasteiger partial charge in [0.15, 0.2) is 12.6 Å². The van der Waals surface area contributed by atoms with E-state index in [1.54, 1.807) is 40.0 Å². The smallest absolute Gasteiger partial charge is 0.339 e. The summed E-state index contributed by atoms with van der Waals surface area (Å²) in [6.07, 6.45) is 0. The lowest BCUT2D eigenvalue weighted by Crippen LogP contribution is -3.17. The van der Waals surface area contributed by atoms with Crippen LogP contribution in [0.1, 0.15) is 46.0 Å². The number of rotatable bonds is 9. The molecule has 0 radical (unpaired) electrons. The first-order chi connectivity index (χ1) is 14.2. The van der Waals surface area contributed by atoms with Crippen molar-refractivity contribution < 1.29 is 28.8 Å². The lowest BCUT2D eigenvalue weighted by molar-refractivity contribution is -0.903. The van der Waals surface area contributed by atoms with Crippen molar-refractivity contribution in [3.05, 3.63) is 46.8 Å². The molecule has 0 aliphatic carbocycles. The molecule has 2 atom stereocenters. The molecule has 8 nitrogen and oxygen atoms in total. The number of aromatic amines is 1. The number of benzene rings is 1. The van der Waals surface area contributed by atoms with Crippen LogP contribution in [0.5, 0.6) is 5.75 Å². The highest BCUT2D eigenvalue weighted by Crippen LogP contribution is 2.23. The number of quaternary nitrogens is 1. The van der Waals surface area contributed by atoms with E-state index < -0.39 is 12.0 Å². The fraction of sp³-hybridized carbons (Fsp3) is 0.409. The lowest BCUT2D eigenvalue weighted by atomic mass is 10.0. The SMILES string of the molecule is CC[NH+](CC(=O)Nc1ccccc1OC)[C@H](C)C(=O)c1[nH]c(C)c(C(=O)OC)c1C. The molecule has 0 spiro atoms. The predicted octanol–water partition coefficient (Wildman–Crippen LogP) is 1.54. The quantitative estimate of drug-likeness (QED) is 0.425. The number of ether oxygens (including phenoxy) is 2. The summed E-state index contributed by atoms with van der Waals surface area (Å²) in [6, 6.07) is 6.67. The summed E-state index contributed by atoms with van der Waals surface area (Å²) in [5.74, 6) is -0.289. The van der Waals surface area contributed by atoms with Gasteiger partial charge in [0.05, 0.1) is 37.7 Å². The molecular formula is C22H30N3O5+. The Hall–Kier alpha value is -3.13. The largest absolute Gasteiger partial charge is 0.495 e. The Labute approximate surface area is 176 Å². The van der Waals surface area contributed by atoms with Crippen LogP contribution in [0, 0.1) is 13.8 Å². The summed E-state index contributed by atoms with van der Waals surface area (Å²) < 4.78 is 10.1. The highest BCUT2D eigenvalue weighted by atomic mass is 16.5. The molecule has 0 fully saturated rings. The van der Waals surface area contributed by atoms with E-state index in [2.05, 4.69) is 10.3 Å². The van der Waals surface area contributed by atoms with Crippen molar-refractivity contribution in [2.45, 2.75) is 33.7 Å². The van der Waals surface area contributed by atoms with E-state index >= 15 is 0 Å². The number of hydrogen-bond acceptors (Lipinski definition) is 5. The number of aryl methyl sites for hydroxylation is 1. The number of para-hydroxylation sites is 2. The van der Waals surface area contributed by atoms with E-state index in [4.69, 9.17) is 9.47 Å². The number of ketones is 1. The van der Waals surface area contributed by atoms with E-state index in [0.717, 1.165) is 4.90 Å². The maximum absolute atomic E-state index is 13.1. The fourth-order valence-corrected chi connectivity index (χ4v) is 3.54. The van der Waals surface area contributed by atoms with Gasteiger partial charge in [-0.15, -0.1) is 0 Å². The van der Waals surface area contributed by atoms with Gasteiger partial charge in [-0.1, -0.05) is 12.1 Å². The first-order valence-electron chi connectivity index (χ1n) is 9.84. The minimum absolute atomic E-state index is 0.115. The number of likely N-dealkylation sites (N-methyl/N-ethyl adjacent to an activating group) is 1. The van der Waals surface area contributed by atoms with Gasteiger partial charge in [0.2, 0.25) is 5.78 Å². The second-order valence-electron chi connectivity index (χ2n) is 7.14. The third-order valence-corrected chi connectivity index (χ3v) is 5.30. The number of carbonyl (C=O) groups excluding carboxylic acids is 3. The molecule has 0 saturated carbocycles. The molecular weight excluding hydrogens is 386 g/mol. The number of anilines is 1. The van der Waals surface area contributed by atoms with Gasteiger partial charge in [-0.05, 0) is 45.4 Å². The van der Waals surface area contributed by atoms with Crippen molar-refractivity contribution in [3.8, 4) is 5.75 Å². The first-order valence-corrected chi connectivity index (χ1v) is 9.84. The second kappa shape index (κ2) is 10.1. The van der Waals surface area contributed by atoms with Crippen molar-refractivity contribution in [3.63, 3.8) is 0 Å². The molecule has 8 heteroatoms. The van der Waals surface area contributed by atoms with Gasteiger partial charge >= 0.3 is 5.97 Å². The zero-order valence-electron chi connectivity index (χ0n) is 18.3. The van der Waals surface area contributed by atoms with E-state index in [9.17, 15) is 14.4 Å². The molecule has 1 amide bonds. The Kier molecular flexibility index (Phi) is 7.77. The van der Waals surface area contributed by atoms with Gasteiger partial charge in [0, 0.05) is 5.69 Å². The van der Waals surface area contributed by atoms with E-state index in [-0.39, 0.29) is 18.2 Å². The van der Waals surface area contributed by atoms with E-state index in [0.29, 0.717) is 40.5 Å².